The Balaban J connectivity index is -0.00000159. The summed E-state index contributed by atoms with van der Waals surface area (Å²) in [5, 5.41) is 0. The zero-order chi connectivity index (χ0) is 23.4. The van der Waals surface area contributed by atoms with E-state index in [1.165, 1.54) is 103 Å². The minimum atomic E-state index is 0. The Hall–Kier alpha value is -1.48. The molecule has 0 unspecified atom stereocenters. The third-order valence-corrected chi connectivity index (χ3v) is 5.40. The van der Waals surface area contributed by atoms with Gasteiger partial charge in [0.2, 0.25) is 0 Å². The highest BCUT2D eigenvalue weighted by Gasteiger charge is 1.96. The molecule has 0 aliphatic rings. The number of hydrogen-bond donors (Lipinski definition) is 2. The molecule has 0 fully saturated rings. The molecular formula is C29H58N2O. The molecule has 1 aromatic carbocycles. The Morgan fingerprint density at radius 1 is 0.594 bits per heavy atom. The molecular weight excluding hydrogens is 392 g/mol. The summed E-state index contributed by atoms with van der Waals surface area (Å²) in [6, 6.07) is 7.68. The van der Waals surface area contributed by atoms with Gasteiger partial charge in [0.05, 0.1) is 6.61 Å². The van der Waals surface area contributed by atoms with Gasteiger partial charge in [0.15, 0.2) is 0 Å². The number of nitrogen functional groups attached to an aromatic ring is 1. The lowest BCUT2D eigenvalue weighted by Crippen LogP contribution is -1.97. The van der Waals surface area contributed by atoms with E-state index in [9.17, 15) is 0 Å². The van der Waals surface area contributed by atoms with Crippen LogP contribution in [-0.2, 0) is 0 Å². The molecule has 1 aromatic rings. The van der Waals surface area contributed by atoms with Gasteiger partial charge in [-0.25, -0.2) is 0 Å². The van der Waals surface area contributed by atoms with Crippen molar-refractivity contribution < 1.29 is 4.74 Å². The van der Waals surface area contributed by atoms with Crippen LogP contribution in [0.15, 0.2) is 37.4 Å². The topological polar surface area (TPSA) is 70.2 Å². The molecule has 3 nitrogen and oxygen atoms in total. The highest BCUT2D eigenvalue weighted by molar-refractivity contribution is 5.41. The van der Waals surface area contributed by atoms with E-state index < -0.39 is 0 Å². The van der Waals surface area contributed by atoms with E-state index in [2.05, 4.69) is 20.1 Å². The lowest BCUT2D eigenvalue weighted by molar-refractivity contribution is 0.304. The van der Waals surface area contributed by atoms with Crippen LogP contribution in [0.4, 0.5) is 5.69 Å². The van der Waals surface area contributed by atoms with Crippen LogP contribution >= 0.6 is 0 Å². The Bertz CT molecular complexity index is 433. The average molecular weight is 451 g/mol. The maximum atomic E-state index is 5.73. The average Bonchev–Trinajstić information content (AvgIpc) is 2.82. The molecule has 0 spiro atoms. The Morgan fingerprint density at radius 2 is 0.906 bits per heavy atom. The first kappa shape index (κ1) is 35.1. The predicted octanol–water partition coefficient (Wildman–Crippen LogP) is 10.3. The van der Waals surface area contributed by atoms with Gasteiger partial charge in [0.25, 0.3) is 0 Å². The van der Waals surface area contributed by atoms with Gasteiger partial charge in [0.1, 0.15) is 5.75 Å². The number of unbranched alkanes of at least 4 members (excludes halogenated alkanes) is 16. The molecule has 0 bridgehead atoms. The summed E-state index contributed by atoms with van der Waals surface area (Å²) >= 11 is 0. The molecule has 0 saturated heterocycles. The third kappa shape index (κ3) is 26.6. The lowest BCUT2D eigenvalue weighted by atomic mass is 10.0. The monoisotopic (exact) mass is 450 g/mol. The number of benzene rings is 1. The SMILES string of the molecule is C=C.CC.CCCCCCCCCCCCCCCCCCCOc1ccc(N)cc1.N. The summed E-state index contributed by atoms with van der Waals surface area (Å²) in [4.78, 5) is 0. The van der Waals surface area contributed by atoms with Crippen molar-refractivity contribution in [2.75, 3.05) is 12.3 Å². The molecule has 190 valence electrons. The summed E-state index contributed by atoms with van der Waals surface area (Å²) in [7, 11) is 0. The number of anilines is 1. The zero-order valence-electron chi connectivity index (χ0n) is 22.1. The molecule has 0 heterocycles. The molecule has 0 aliphatic heterocycles. The fraction of sp³-hybridized carbons (Fsp3) is 0.724. The number of rotatable bonds is 19. The van der Waals surface area contributed by atoms with Crippen LogP contribution in [0.1, 0.15) is 130 Å². The second kappa shape index (κ2) is 31.7. The van der Waals surface area contributed by atoms with Crippen molar-refractivity contribution in [3.63, 3.8) is 0 Å². The van der Waals surface area contributed by atoms with E-state index in [0.717, 1.165) is 24.5 Å². The molecule has 0 amide bonds. The van der Waals surface area contributed by atoms with Crippen molar-refractivity contribution in [2.24, 2.45) is 0 Å². The molecule has 5 N–H and O–H groups in total. The minimum Gasteiger partial charge on any atom is -0.494 e. The second-order valence-electron chi connectivity index (χ2n) is 8.07. The number of nitrogens with two attached hydrogens (primary N) is 1. The van der Waals surface area contributed by atoms with Gasteiger partial charge in [-0.05, 0) is 30.7 Å². The van der Waals surface area contributed by atoms with Crippen LogP contribution in [0.2, 0.25) is 0 Å². The molecule has 3 heteroatoms. The molecule has 0 radical (unpaired) electrons. The minimum absolute atomic E-state index is 0. The normalized spacial score (nSPS) is 9.59. The second-order valence-corrected chi connectivity index (χ2v) is 8.07. The maximum Gasteiger partial charge on any atom is 0.119 e. The molecule has 0 aromatic heterocycles. The highest BCUT2D eigenvalue weighted by atomic mass is 16.5. The van der Waals surface area contributed by atoms with Gasteiger partial charge >= 0.3 is 0 Å². The summed E-state index contributed by atoms with van der Waals surface area (Å²) in [5.74, 6) is 0.931. The first-order valence-corrected chi connectivity index (χ1v) is 13.3. The first-order chi connectivity index (χ1) is 15.3. The van der Waals surface area contributed by atoms with Crippen LogP contribution in [-0.4, -0.2) is 6.61 Å². The fourth-order valence-electron chi connectivity index (χ4n) is 3.58. The van der Waals surface area contributed by atoms with E-state index in [1.807, 2.05) is 38.1 Å². The molecule has 0 aliphatic carbocycles. The van der Waals surface area contributed by atoms with Crippen LogP contribution in [0, 0.1) is 0 Å². The Morgan fingerprint density at radius 3 is 1.25 bits per heavy atom. The van der Waals surface area contributed by atoms with Crippen LogP contribution < -0.4 is 16.6 Å². The number of ether oxygens (including phenoxy) is 1. The fourth-order valence-corrected chi connectivity index (χ4v) is 3.58. The first-order valence-electron chi connectivity index (χ1n) is 13.3. The van der Waals surface area contributed by atoms with Gasteiger partial charge in [0, 0.05) is 5.69 Å². The summed E-state index contributed by atoms with van der Waals surface area (Å²) in [5.41, 5.74) is 6.46. The van der Waals surface area contributed by atoms with Gasteiger partial charge in [-0.15, -0.1) is 13.2 Å². The Labute approximate surface area is 202 Å². The maximum absolute atomic E-state index is 5.73. The molecule has 1 rings (SSSR count). The van der Waals surface area contributed by atoms with Crippen molar-refractivity contribution in [1.82, 2.24) is 6.15 Å². The van der Waals surface area contributed by atoms with Gasteiger partial charge in [-0.1, -0.05) is 124 Å². The zero-order valence-corrected chi connectivity index (χ0v) is 22.1. The van der Waals surface area contributed by atoms with Gasteiger partial charge in [-0.2, -0.15) is 0 Å². The summed E-state index contributed by atoms with van der Waals surface area (Å²) in [6.45, 7) is 13.1. The largest absolute Gasteiger partial charge is 0.494 e. The van der Waals surface area contributed by atoms with E-state index in [0.29, 0.717) is 0 Å². The van der Waals surface area contributed by atoms with Crippen molar-refractivity contribution in [1.29, 1.82) is 0 Å². The van der Waals surface area contributed by atoms with E-state index in [4.69, 9.17) is 10.5 Å². The molecule has 32 heavy (non-hydrogen) atoms. The van der Waals surface area contributed by atoms with Crippen molar-refractivity contribution in [2.45, 2.75) is 130 Å². The van der Waals surface area contributed by atoms with Crippen molar-refractivity contribution in [3.8, 4) is 5.75 Å². The summed E-state index contributed by atoms with van der Waals surface area (Å²) < 4.78 is 5.73. The molecule has 0 saturated carbocycles. The van der Waals surface area contributed by atoms with Gasteiger partial charge in [-0.3, -0.25) is 0 Å². The third-order valence-electron chi connectivity index (χ3n) is 5.40. The molecule has 0 atom stereocenters. The van der Waals surface area contributed by atoms with Crippen LogP contribution in [0.5, 0.6) is 5.75 Å². The van der Waals surface area contributed by atoms with E-state index in [-0.39, 0.29) is 6.15 Å². The highest BCUT2D eigenvalue weighted by Crippen LogP contribution is 2.15. The van der Waals surface area contributed by atoms with Crippen LogP contribution in [0.3, 0.4) is 0 Å². The Kier molecular flexibility index (Phi) is 34.8. The number of hydrogen-bond acceptors (Lipinski definition) is 3. The van der Waals surface area contributed by atoms with Gasteiger partial charge < -0.3 is 16.6 Å². The van der Waals surface area contributed by atoms with E-state index in [1.54, 1.807) is 0 Å². The van der Waals surface area contributed by atoms with Crippen LogP contribution in [0.25, 0.3) is 0 Å². The van der Waals surface area contributed by atoms with Crippen molar-refractivity contribution >= 4 is 5.69 Å². The predicted molar refractivity (Wildman–Crippen MR) is 148 cm³/mol. The quantitative estimate of drug-likeness (QED) is 0.125. The van der Waals surface area contributed by atoms with Crippen molar-refractivity contribution in [3.05, 3.63) is 37.4 Å². The van der Waals surface area contributed by atoms with E-state index >= 15 is 0 Å². The summed E-state index contributed by atoms with van der Waals surface area (Å²) in [6.07, 6.45) is 23.9. The standard InChI is InChI=1S/C25H45NO.C2H6.C2H4.H3N/c1-2-3-4-5-6-7-8-9-10-11-12-13-14-15-16-17-18-23-27-25-21-19-24(26)20-22-25;2*1-2;/h19-22H,2-18,23,26H2,1H3;1-2H3;1-2H2;1H3. The smallest absolute Gasteiger partial charge is 0.119 e. The lowest BCUT2D eigenvalue weighted by Gasteiger charge is -2.06.